The van der Waals surface area contributed by atoms with Gasteiger partial charge in [0.2, 0.25) is 5.91 Å². The number of hydrogen-bond donors (Lipinski definition) is 1. The van der Waals surface area contributed by atoms with Crippen molar-refractivity contribution in [2.45, 2.75) is 18.5 Å². The van der Waals surface area contributed by atoms with Gasteiger partial charge >= 0.3 is 5.97 Å². The predicted octanol–water partition coefficient (Wildman–Crippen LogP) is 2.63. The minimum atomic E-state index is -0.326. The van der Waals surface area contributed by atoms with Gasteiger partial charge in [-0.05, 0) is 19.1 Å². The van der Waals surface area contributed by atoms with Crippen molar-refractivity contribution in [2.75, 3.05) is 17.7 Å². The van der Waals surface area contributed by atoms with Gasteiger partial charge in [0.15, 0.2) is 10.3 Å². The van der Waals surface area contributed by atoms with E-state index < -0.39 is 0 Å². The second-order valence-corrected chi connectivity index (χ2v) is 6.80. The van der Waals surface area contributed by atoms with Gasteiger partial charge in [-0.2, -0.15) is 0 Å². The summed E-state index contributed by atoms with van der Waals surface area (Å²) in [5, 5.41) is 5.70. The van der Waals surface area contributed by atoms with Crippen molar-refractivity contribution in [1.82, 2.24) is 14.4 Å². The number of nitrogens with one attached hydrogen (secondary N) is 1. The smallest absolute Gasteiger partial charge is 0.311 e. The zero-order chi connectivity index (χ0) is 17.6. The number of ether oxygens (including phenoxy) is 1. The number of fused-ring (bicyclic) bond motifs is 1. The third-order valence-corrected chi connectivity index (χ3v) is 4.94. The van der Waals surface area contributed by atoms with E-state index >= 15 is 0 Å². The molecule has 0 aliphatic carbocycles. The van der Waals surface area contributed by atoms with Crippen LogP contribution in [0.3, 0.4) is 0 Å². The summed E-state index contributed by atoms with van der Waals surface area (Å²) in [5.41, 5.74) is 1.57. The Morgan fingerprint density at radius 2 is 2.28 bits per heavy atom. The number of esters is 1. The van der Waals surface area contributed by atoms with Crippen LogP contribution in [0.4, 0.5) is 5.13 Å². The van der Waals surface area contributed by atoms with Crippen molar-refractivity contribution in [1.29, 1.82) is 0 Å². The van der Waals surface area contributed by atoms with E-state index in [2.05, 4.69) is 15.3 Å². The fourth-order valence-electron chi connectivity index (χ4n) is 2.12. The maximum Gasteiger partial charge on any atom is 0.311 e. The fourth-order valence-corrected chi connectivity index (χ4v) is 3.61. The van der Waals surface area contributed by atoms with Crippen molar-refractivity contribution in [3.63, 3.8) is 0 Å². The standard InChI is InChI=1S/C16H16N4O3S2/c1-2-23-14(22)7-11-9-24-15(18-11)19-13(21)10-25-16-17-8-12-5-3-4-6-20(12)16/h3-6,8-9H,2,7,10H2,1H3,(H,18,19,21). The third kappa shape index (κ3) is 4.58. The Morgan fingerprint density at radius 3 is 3.12 bits per heavy atom. The minimum Gasteiger partial charge on any atom is -0.466 e. The molecule has 0 radical (unpaired) electrons. The van der Waals surface area contributed by atoms with Crippen LogP contribution in [0, 0.1) is 0 Å². The predicted molar refractivity (Wildman–Crippen MR) is 97.0 cm³/mol. The minimum absolute atomic E-state index is 0.106. The maximum atomic E-state index is 12.1. The highest BCUT2D eigenvalue weighted by molar-refractivity contribution is 7.99. The summed E-state index contributed by atoms with van der Waals surface area (Å²) in [6.45, 7) is 2.09. The maximum absolute atomic E-state index is 12.1. The molecule has 0 atom stereocenters. The number of thiazole rings is 1. The number of carbonyl (C=O) groups excluding carboxylic acids is 2. The number of thioether (sulfide) groups is 1. The van der Waals surface area contributed by atoms with Crippen LogP contribution in [0.2, 0.25) is 0 Å². The largest absolute Gasteiger partial charge is 0.466 e. The number of hydrogen-bond acceptors (Lipinski definition) is 7. The molecule has 0 aliphatic rings. The van der Waals surface area contributed by atoms with Gasteiger partial charge in [0.25, 0.3) is 0 Å². The number of nitrogens with zero attached hydrogens (tertiary/aromatic N) is 3. The quantitative estimate of drug-likeness (QED) is 0.504. The Balaban J connectivity index is 1.53. The molecular weight excluding hydrogens is 360 g/mol. The molecule has 7 nitrogen and oxygen atoms in total. The van der Waals surface area contributed by atoms with Crippen LogP contribution in [0.5, 0.6) is 0 Å². The van der Waals surface area contributed by atoms with Crippen LogP contribution in [-0.4, -0.2) is 38.6 Å². The molecule has 0 aromatic carbocycles. The molecular formula is C16H16N4O3S2. The lowest BCUT2D eigenvalue weighted by Gasteiger charge is -2.02. The Bertz CT molecular complexity index is 890. The van der Waals surface area contributed by atoms with E-state index in [0.29, 0.717) is 17.4 Å². The van der Waals surface area contributed by atoms with E-state index in [1.54, 1.807) is 18.5 Å². The highest BCUT2D eigenvalue weighted by atomic mass is 32.2. The van der Waals surface area contributed by atoms with Crippen LogP contribution in [0.25, 0.3) is 5.52 Å². The van der Waals surface area contributed by atoms with Gasteiger partial charge in [0.05, 0.1) is 36.2 Å². The number of carbonyl (C=O) groups is 2. The van der Waals surface area contributed by atoms with E-state index in [1.165, 1.54) is 23.1 Å². The van der Waals surface area contributed by atoms with Crippen LogP contribution < -0.4 is 5.32 Å². The molecule has 25 heavy (non-hydrogen) atoms. The molecule has 3 heterocycles. The molecule has 130 valence electrons. The second-order valence-electron chi connectivity index (χ2n) is 5.00. The molecule has 1 amide bonds. The number of aromatic nitrogens is 3. The van der Waals surface area contributed by atoms with Gasteiger partial charge in [-0.15, -0.1) is 11.3 Å². The van der Waals surface area contributed by atoms with E-state index in [1.807, 2.05) is 28.8 Å². The molecule has 3 aromatic heterocycles. The summed E-state index contributed by atoms with van der Waals surface area (Å²) in [5.74, 6) is -0.275. The summed E-state index contributed by atoms with van der Waals surface area (Å²) in [4.78, 5) is 32.0. The first-order chi connectivity index (χ1) is 12.2. The van der Waals surface area contributed by atoms with E-state index in [0.717, 1.165) is 10.7 Å². The van der Waals surface area contributed by atoms with Crippen molar-refractivity contribution in [2.24, 2.45) is 0 Å². The fraction of sp³-hybridized carbons (Fsp3) is 0.250. The van der Waals surface area contributed by atoms with Gasteiger partial charge in [-0.25, -0.2) is 9.97 Å². The zero-order valence-corrected chi connectivity index (χ0v) is 15.1. The van der Waals surface area contributed by atoms with Gasteiger partial charge in [-0.1, -0.05) is 17.8 Å². The van der Waals surface area contributed by atoms with Gasteiger partial charge in [0, 0.05) is 11.6 Å². The summed E-state index contributed by atoms with van der Waals surface area (Å²) < 4.78 is 6.81. The molecule has 1 N–H and O–H groups in total. The molecule has 0 aliphatic heterocycles. The molecule has 3 rings (SSSR count). The van der Waals surface area contributed by atoms with Crippen molar-refractivity contribution in [3.8, 4) is 0 Å². The molecule has 0 bridgehead atoms. The number of amides is 1. The zero-order valence-electron chi connectivity index (χ0n) is 13.5. The van der Waals surface area contributed by atoms with Crippen LogP contribution in [0.1, 0.15) is 12.6 Å². The number of anilines is 1. The summed E-state index contributed by atoms with van der Waals surface area (Å²) in [7, 11) is 0. The second kappa shape index (κ2) is 8.13. The molecule has 0 saturated heterocycles. The molecule has 0 unspecified atom stereocenters. The van der Waals surface area contributed by atoms with E-state index in [4.69, 9.17) is 4.74 Å². The Labute approximate surface area is 152 Å². The molecule has 9 heteroatoms. The van der Waals surface area contributed by atoms with Gasteiger partial charge in [0.1, 0.15) is 0 Å². The molecule has 0 saturated carbocycles. The average Bonchev–Trinajstić information content (AvgIpc) is 3.20. The molecule has 0 spiro atoms. The first-order valence-electron chi connectivity index (χ1n) is 7.60. The number of imidazole rings is 1. The Hall–Kier alpha value is -2.39. The molecule has 3 aromatic rings. The number of rotatable bonds is 7. The Kier molecular flexibility index (Phi) is 5.67. The topological polar surface area (TPSA) is 85.6 Å². The summed E-state index contributed by atoms with van der Waals surface area (Å²) in [6.07, 6.45) is 3.78. The van der Waals surface area contributed by atoms with Gasteiger partial charge < -0.3 is 10.1 Å². The highest BCUT2D eigenvalue weighted by Crippen LogP contribution is 2.20. The molecule has 0 fully saturated rings. The Morgan fingerprint density at radius 1 is 1.40 bits per heavy atom. The monoisotopic (exact) mass is 376 g/mol. The average molecular weight is 376 g/mol. The van der Waals surface area contributed by atoms with Crippen LogP contribution in [-0.2, 0) is 20.7 Å². The lowest BCUT2D eigenvalue weighted by atomic mass is 10.3. The highest BCUT2D eigenvalue weighted by Gasteiger charge is 2.12. The SMILES string of the molecule is CCOC(=O)Cc1csc(NC(=O)CSc2ncc3ccccn23)n1. The normalized spacial score (nSPS) is 10.8. The summed E-state index contributed by atoms with van der Waals surface area (Å²) >= 11 is 2.63. The lowest BCUT2D eigenvalue weighted by Crippen LogP contribution is -2.14. The number of pyridine rings is 1. The van der Waals surface area contributed by atoms with Gasteiger partial charge in [-0.3, -0.25) is 14.0 Å². The van der Waals surface area contributed by atoms with E-state index in [-0.39, 0.29) is 24.1 Å². The van der Waals surface area contributed by atoms with Crippen molar-refractivity contribution < 1.29 is 14.3 Å². The first kappa shape index (κ1) is 17.4. The third-order valence-electron chi connectivity index (χ3n) is 3.17. The van der Waals surface area contributed by atoms with Crippen LogP contribution >= 0.6 is 23.1 Å². The first-order valence-corrected chi connectivity index (χ1v) is 9.47. The van der Waals surface area contributed by atoms with Crippen molar-refractivity contribution >= 4 is 45.6 Å². The summed E-state index contributed by atoms with van der Waals surface area (Å²) in [6, 6.07) is 5.81. The lowest BCUT2D eigenvalue weighted by molar-refractivity contribution is -0.142. The van der Waals surface area contributed by atoms with Crippen molar-refractivity contribution in [3.05, 3.63) is 41.7 Å². The van der Waals surface area contributed by atoms with E-state index in [9.17, 15) is 9.59 Å². The van der Waals surface area contributed by atoms with Crippen LogP contribution in [0.15, 0.2) is 41.1 Å².